The average molecular weight is 247 g/mol. The van der Waals surface area contributed by atoms with Crippen molar-refractivity contribution in [3.63, 3.8) is 0 Å². The summed E-state index contributed by atoms with van der Waals surface area (Å²) in [5.41, 5.74) is 2.14. The molecule has 0 aliphatic carbocycles. The highest BCUT2D eigenvalue weighted by atomic mass is 32.1. The molecule has 0 radical (unpaired) electrons. The van der Waals surface area contributed by atoms with Crippen LogP contribution in [-0.4, -0.2) is 16.5 Å². The lowest BCUT2D eigenvalue weighted by Gasteiger charge is -2.06. The van der Waals surface area contributed by atoms with Gasteiger partial charge in [-0.2, -0.15) is 0 Å². The second-order valence-electron chi connectivity index (χ2n) is 4.08. The van der Waals surface area contributed by atoms with Crippen molar-refractivity contribution in [1.82, 2.24) is 9.97 Å². The Morgan fingerprint density at radius 3 is 2.53 bits per heavy atom. The van der Waals surface area contributed by atoms with Crippen molar-refractivity contribution in [3.05, 3.63) is 27.6 Å². The minimum Gasteiger partial charge on any atom is -0.370 e. The molecule has 0 aliphatic heterocycles. The van der Waals surface area contributed by atoms with Crippen LogP contribution < -0.4 is 5.32 Å². The van der Waals surface area contributed by atoms with E-state index in [0.29, 0.717) is 0 Å². The van der Waals surface area contributed by atoms with Crippen LogP contribution in [0.15, 0.2) is 12.1 Å². The zero-order chi connectivity index (χ0) is 12.4. The second kappa shape index (κ2) is 4.84. The first-order valence-electron chi connectivity index (χ1n) is 5.77. The van der Waals surface area contributed by atoms with Gasteiger partial charge < -0.3 is 5.32 Å². The lowest BCUT2D eigenvalue weighted by molar-refractivity contribution is 1.08. The van der Waals surface area contributed by atoms with Crippen LogP contribution in [0.25, 0.3) is 11.4 Å². The van der Waals surface area contributed by atoms with Crippen molar-refractivity contribution >= 4 is 17.2 Å². The fourth-order valence-electron chi connectivity index (χ4n) is 1.81. The van der Waals surface area contributed by atoms with E-state index in [1.54, 1.807) is 11.3 Å². The Morgan fingerprint density at radius 2 is 1.94 bits per heavy atom. The van der Waals surface area contributed by atoms with Crippen molar-refractivity contribution in [3.8, 4) is 11.4 Å². The fourth-order valence-corrected chi connectivity index (χ4v) is 2.73. The minimum atomic E-state index is 0.822. The van der Waals surface area contributed by atoms with Crippen LogP contribution in [0.4, 0.5) is 5.82 Å². The smallest absolute Gasteiger partial charge is 0.162 e. The van der Waals surface area contributed by atoms with Gasteiger partial charge in [-0.25, -0.2) is 9.97 Å². The number of aromatic nitrogens is 2. The van der Waals surface area contributed by atoms with E-state index in [9.17, 15) is 0 Å². The number of hydrogen-bond donors (Lipinski definition) is 1. The number of hydrogen-bond acceptors (Lipinski definition) is 4. The third kappa shape index (κ3) is 2.64. The molecule has 0 bridgehead atoms. The third-order valence-corrected chi connectivity index (χ3v) is 3.46. The number of rotatable bonds is 3. The van der Waals surface area contributed by atoms with Gasteiger partial charge in [0, 0.05) is 33.6 Å². The summed E-state index contributed by atoms with van der Waals surface area (Å²) in [5, 5.41) is 3.24. The number of nitrogens with zero attached hydrogens (tertiary/aromatic N) is 2. The molecular weight excluding hydrogens is 230 g/mol. The molecule has 1 N–H and O–H groups in total. The summed E-state index contributed by atoms with van der Waals surface area (Å²) in [6.07, 6.45) is 0. The first-order chi connectivity index (χ1) is 8.10. The molecule has 90 valence electrons. The van der Waals surface area contributed by atoms with Crippen LogP contribution >= 0.6 is 11.3 Å². The molecule has 17 heavy (non-hydrogen) atoms. The Morgan fingerprint density at radius 1 is 1.18 bits per heavy atom. The molecule has 0 unspecified atom stereocenters. The maximum atomic E-state index is 4.55. The van der Waals surface area contributed by atoms with E-state index in [1.807, 2.05) is 13.0 Å². The highest BCUT2D eigenvalue weighted by molar-refractivity contribution is 7.12. The van der Waals surface area contributed by atoms with Crippen molar-refractivity contribution in [2.45, 2.75) is 27.7 Å². The summed E-state index contributed by atoms with van der Waals surface area (Å²) in [4.78, 5) is 11.6. The Balaban J connectivity index is 2.48. The first kappa shape index (κ1) is 12.0. The highest BCUT2D eigenvalue weighted by Crippen LogP contribution is 2.28. The van der Waals surface area contributed by atoms with Crippen LogP contribution in [0.5, 0.6) is 0 Å². The molecule has 0 saturated carbocycles. The van der Waals surface area contributed by atoms with Crippen LogP contribution in [-0.2, 0) is 0 Å². The molecule has 2 aromatic heterocycles. The monoisotopic (exact) mass is 247 g/mol. The van der Waals surface area contributed by atoms with Gasteiger partial charge in [-0.3, -0.25) is 0 Å². The number of aryl methyl sites for hydroxylation is 3. The van der Waals surface area contributed by atoms with Gasteiger partial charge in [0.2, 0.25) is 0 Å². The van der Waals surface area contributed by atoms with E-state index in [0.717, 1.165) is 29.4 Å². The fraction of sp³-hybridized carbons (Fsp3) is 0.385. The molecule has 2 heterocycles. The van der Waals surface area contributed by atoms with Crippen LogP contribution in [0.3, 0.4) is 0 Å². The normalized spacial score (nSPS) is 10.6. The van der Waals surface area contributed by atoms with Gasteiger partial charge in [-0.05, 0) is 33.8 Å². The number of nitrogens with one attached hydrogen (secondary N) is 1. The molecule has 0 spiro atoms. The first-order valence-corrected chi connectivity index (χ1v) is 6.58. The lowest BCUT2D eigenvalue weighted by atomic mass is 10.2. The Bertz CT molecular complexity index is 531. The van der Waals surface area contributed by atoms with E-state index < -0.39 is 0 Å². The SMILES string of the molecule is CCNc1cc(C)nc(-c2cc(C)sc2C)n1. The van der Waals surface area contributed by atoms with Crippen molar-refractivity contribution in [2.75, 3.05) is 11.9 Å². The van der Waals surface area contributed by atoms with Gasteiger partial charge >= 0.3 is 0 Å². The maximum Gasteiger partial charge on any atom is 0.162 e. The topological polar surface area (TPSA) is 37.8 Å². The molecule has 0 aliphatic rings. The third-order valence-electron chi connectivity index (χ3n) is 2.49. The molecule has 0 amide bonds. The Hall–Kier alpha value is -1.42. The van der Waals surface area contributed by atoms with Crippen molar-refractivity contribution < 1.29 is 0 Å². The molecule has 3 nitrogen and oxygen atoms in total. The van der Waals surface area contributed by atoms with E-state index >= 15 is 0 Å². The van der Waals surface area contributed by atoms with E-state index in [4.69, 9.17) is 0 Å². The zero-order valence-corrected chi connectivity index (χ0v) is 11.5. The summed E-state index contributed by atoms with van der Waals surface area (Å²) >= 11 is 1.79. The molecule has 2 rings (SSSR count). The van der Waals surface area contributed by atoms with Crippen molar-refractivity contribution in [1.29, 1.82) is 0 Å². The van der Waals surface area contributed by atoms with E-state index in [1.165, 1.54) is 9.75 Å². The van der Waals surface area contributed by atoms with Gasteiger partial charge in [0.15, 0.2) is 5.82 Å². The largest absolute Gasteiger partial charge is 0.370 e. The molecule has 4 heteroatoms. The predicted molar refractivity (Wildman–Crippen MR) is 73.7 cm³/mol. The van der Waals surface area contributed by atoms with Gasteiger partial charge in [-0.1, -0.05) is 0 Å². The summed E-state index contributed by atoms with van der Waals surface area (Å²) in [5.74, 6) is 1.72. The minimum absolute atomic E-state index is 0.822. The van der Waals surface area contributed by atoms with Gasteiger partial charge in [0.25, 0.3) is 0 Å². The quantitative estimate of drug-likeness (QED) is 0.901. The van der Waals surface area contributed by atoms with Gasteiger partial charge in [0.05, 0.1) is 0 Å². The van der Waals surface area contributed by atoms with Crippen molar-refractivity contribution in [2.24, 2.45) is 0 Å². The molecule has 0 fully saturated rings. The van der Waals surface area contributed by atoms with E-state index in [-0.39, 0.29) is 0 Å². The lowest BCUT2D eigenvalue weighted by Crippen LogP contribution is -2.02. The van der Waals surface area contributed by atoms with Crippen LogP contribution in [0, 0.1) is 20.8 Å². The average Bonchev–Trinajstić information content (AvgIpc) is 2.57. The highest BCUT2D eigenvalue weighted by Gasteiger charge is 2.10. The standard InChI is InChI=1S/C13H17N3S/c1-5-14-12-6-8(2)15-13(16-12)11-7-9(3)17-10(11)4/h6-7H,5H2,1-4H3,(H,14,15,16). The van der Waals surface area contributed by atoms with E-state index in [2.05, 4.69) is 42.1 Å². The van der Waals surface area contributed by atoms with Gasteiger partial charge in [-0.15, -0.1) is 11.3 Å². The Kier molecular flexibility index (Phi) is 3.43. The molecule has 2 aromatic rings. The van der Waals surface area contributed by atoms with Crippen LogP contribution in [0.1, 0.15) is 22.4 Å². The summed E-state index contributed by atoms with van der Waals surface area (Å²) < 4.78 is 0. The predicted octanol–water partition coefficient (Wildman–Crippen LogP) is 3.56. The van der Waals surface area contributed by atoms with Crippen LogP contribution in [0.2, 0.25) is 0 Å². The molecule has 0 saturated heterocycles. The number of anilines is 1. The number of thiophene rings is 1. The zero-order valence-electron chi connectivity index (χ0n) is 10.7. The summed E-state index contributed by atoms with van der Waals surface area (Å²) in [7, 11) is 0. The summed E-state index contributed by atoms with van der Waals surface area (Å²) in [6.45, 7) is 9.17. The maximum absolute atomic E-state index is 4.55. The molecule has 0 aromatic carbocycles. The second-order valence-corrected chi connectivity index (χ2v) is 5.54. The summed E-state index contributed by atoms with van der Waals surface area (Å²) in [6, 6.07) is 4.13. The molecule has 0 atom stereocenters. The van der Waals surface area contributed by atoms with Gasteiger partial charge in [0.1, 0.15) is 5.82 Å². The Labute approximate surface area is 106 Å². The molecular formula is C13H17N3S.